The van der Waals surface area contributed by atoms with Gasteiger partial charge in [0.05, 0.1) is 6.10 Å². The number of rotatable bonds is 2. The molecule has 100 valence electrons. The number of carbonyl (C=O) groups is 2. The molecule has 0 radical (unpaired) electrons. The maximum atomic E-state index is 12.1. The van der Waals surface area contributed by atoms with Crippen molar-refractivity contribution in [2.24, 2.45) is 11.8 Å². The van der Waals surface area contributed by atoms with Gasteiger partial charge in [-0.25, -0.2) is 0 Å². The topological polar surface area (TPSA) is 60.9 Å². The number of piperidine rings is 1. The fourth-order valence-electron chi connectivity index (χ4n) is 2.83. The molecule has 1 aliphatic carbocycles. The van der Waals surface area contributed by atoms with Crippen LogP contribution in [0.1, 0.15) is 25.7 Å². The molecule has 3 fully saturated rings. The quantitative estimate of drug-likeness (QED) is 0.743. The highest BCUT2D eigenvalue weighted by atomic mass is 16.3. The molecule has 5 heteroatoms. The second-order valence-corrected chi connectivity index (χ2v) is 5.77. The van der Waals surface area contributed by atoms with Crippen molar-refractivity contribution in [2.45, 2.75) is 31.8 Å². The highest BCUT2D eigenvalue weighted by Crippen LogP contribution is 2.32. The van der Waals surface area contributed by atoms with Crippen molar-refractivity contribution < 1.29 is 14.7 Å². The number of amides is 2. The molecule has 0 aromatic heterocycles. The summed E-state index contributed by atoms with van der Waals surface area (Å²) in [6.07, 6.45) is 3.33. The Morgan fingerprint density at radius 2 is 1.33 bits per heavy atom. The Bertz CT molecular complexity index is 353. The van der Waals surface area contributed by atoms with Crippen LogP contribution in [0.15, 0.2) is 0 Å². The van der Waals surface area contributed by atoms with Crippen LogP contribution in [-0.2, 0) is 9.59 Å². The second kappa shape index (κ2) is 4.53. The predicted octanol–water partition coefficient (Wildman–Crippen LogP) is -0.162. The molecule has 0 unspecified atom stereocenters. The summed E-state index contributed by atoms with van der Waals surface area (Å²) < 4.78 is 0. The summed E-state index contributed by atoms with van der Waals surface area (Å²) in [4.78, 5) is 27.6. The fourth-order valence-corrected chi connectivity index (χ4v) is 2.83. The maximum Gasteiger partial charge on any atom is 0.225 e. The second-order valence-electron chi connectivity index (χ2n) is 5.77. The van der Waals surface area contributed by atoms with Crippen LogP contribution in [0.3, 0.4) is 0 Å². The smallest absolute Gasteiger partial charge is 0.225 e. The lowest BCUT2D eigenvalue weighted by atomic mass is 9.93. The van der Waals surface area contributed by atoms with Crippen LogP contribution in [0.4, 0.5) is 0 Å². The lowest BCUT2D eigenvalue weighted by Crippen LogP contribution is -2.56. The van der Waals surface area contributed by atoms with E-state index < -0.39 is 0 Å². The van der Waals surface area contributed by atoms with Gasteiger partial charge in [-0.1, -0.05) is 0 Å². The SMILES string of the molecule is O=C(C1CC1)N1CCC(C(=O)N2CC(O)C2)CC1. The first-order valence-corrected chi connectivity index (χ1v) is 6.91. The summed E-state index contributed by atoms with van der Waals surface area (Å²) in [5.74, 6) is 0.794. The molecule has 1 saturated carbocycles. The van der Waals surface area contributed by atoms with E-state index in [0.29, 0.717) is 19.0 Å². The van der Waals surface area contributed by atoms with E-state index in [9.17, 15) is 14.7 Å². The van der Waals surface area contributed by atoms with Gasteiger partial charge in [-0.15, -0.1) is 0 Å². The van der Waals surface area contributed by atoms with Gasteiger partial charge in [-0.05, 0) is 25.7 Å². The molecule has 2 heterocycles. The van der Waals surface area contributed by atoms with Crippen LogP contribution in [-0.4, -0.2) is 59.0 Å². The molecular formula is C13H20N2O3. The van der Waals surface area contributed by atoms with E-state index in [4.69, 9.17) is 0 Å². The summed E-state index contributed by atoms with van der Waals surface area (Å²) in [6.45, 7) is 2.42. The Morgan fingerprint density at radius 1 is 0.833 bits per heavy atom. The van der Waals surface area contributed by atoms with Gasteiger partial charge < -0.3 is 14.9 Å². The Labute approximate surface area is 107 Å². The highest BCUT2D eigenvalue weighted by molar-refractivity contribution is 5.82. The van der Waals surface area contributed by atoms with E-state index >= 15 is 0 Å². The van der Waals surface area contributed by atoms with Crippen molar-refractivity contribution in [3.8, 4) is 0 Å². The van der Waals surface area contributed by atoms with Crippen LogP contribution in [0.25, 0.3) is 0 Å². The highest BCUT2D eigenvalue weighted by Gasteiger charge is 2.38. The predicted molar refractivity (Wildman–Crippen MR) is 64.6 cm³/mol. The molecular weight excluding hydrogens is 232 g/mol. The average Bonchev–Trinajstić information content (AvgIpc) is 3.18. The van der Waals surface area contributed by atoms with Crippen molar-refractivity contribution >= 4 is 11.8 Å². The molecule has 2 amide bonds. The van der Waals surface area contributed by atoms with E-state index in [-0.39, 0.29) is 23.8 Å². The molecule has 0 aromatic rings. The molecule has 3 aliphatic rings. The van der Waals surface area contributed by atoms with Gasteiger partial charge in [-0.2, -0.15) is 0 Å². The number of likely N-dealkylation sites (tertiary alicyclic amines) is 2. The van der Waals surface area contributed by atoms with Crippen LogP contribution in [0.5, 0.6) is 0 Å². The first-order chi connectivity index (χ1) is 8.65. The van der Waals surface area contributed by atoms with Gasteiger partial charge in [0.2, 0.25) is 11.8 Å². The fraction of sp³-hybridized carbons (Fsp3) is 0.846. The summed E-state index contributed by atoms with van der Waals surface area (Å²) in [5.41, 5.74) is 0. The number of hydrogen-bond acceptors (Lipinski definition) is 3. The van der Waals surface area contributed by atoms with Gasteiger partial charge in [0, 0.05) is 38.0 Å². The number of aliphatic hydroxyl groups excluding tert-OH is 1. The van der Waals surface area contributed by atoms with Crippen molar-refractivity contribution in [3.05, 3.63) is 0 Å². The van der Waals surface area contributed by atoms with E-state index in [1.165, 1.54) is 0 Å². The Hall–Kier alpha value is -1.10. The zero-order valence-electron chi connectivity index (χ0n) is 10.5. The van der Waals surface area contributed by atoms with Crippen LogP contribution < -0.4 is 0 Å². The number of nitrogens with zero attached hydrogens (tertiary/aromatic N) is 2. The number of aliphatic hydroxyl groups is 1. The first kappa shape index (κ1) is 12.0. The van der Waals surface area contributed by atoms with Gasteiger partial charge in [0.25, 0.3) is 0 Å². The molecule has 18 heavy (non-hydrogen) atoms. The molecule has 0 spiro atoms. The number of hydrogen-bond donors (Lipinski definition) is 1. The number of β-amino-alcohol motifs (C(OH)–C–C–N with tert-alkyl or cyclic N) is 1. The van der Waals surface area contributed by atoms with Crippen molar-refractivity contribution in [1.29, 1.82) is 0 Å². The van der Waals surface area contributed by atoms with E-state index in [2.05, 4.69) is 0 Å². The molecule has 5 nitrogen and oxygen atoms in total. The largest absolute Gasteiger partial charge is 0.389 e. The maximum absolute atomic E-state index is 12.1. The lowest BCUT2D eigenvalue weighted by Gasteiger charge is -2.40. The minimum atomic E-state index is -0.328. The molecule has 1 N–H and O–H groups in total. The molecule has 2 aliphatic heterocycles. The third-order valence-corrected chi connectivity index (χ3v) is 4.26. The van der Waals surface area contributed by atoms with Crippen molar-refractivity contribution in [3.63, 3.8) is 0 Å². The summed E-state index contributed by atoms with van der Waals surface area (Å²) in [6, 6.07) is 0. The van der Waals surface area contributed by atoms with Crippen LogP contribution in [0, 0.1) is 11.8 Å². The van der Waals surface area contributed by atoms with Gasteiger partial charge in [0.1, 0.15) is 0 Å². The lowest BCUT2D eigenvalue weighted by molar-refractivity contribution is -0.149. The third-order valence-electron chi connectivity index (χ3n) is 4.26. The normalized spacial score (nSPS) is 26.1. The van der Waals surface area contributed by atoms with Crippen LogP contribution in [0.2, 0.25) is 0 Å². The van der Waals surface area contributed by atoms with Crippen LogP contribution >= 0.6 is 0 Å². The molecule has 0 aromatic carbocycles. The van der Waals surface area contributed by atoms with E-state index in [0.717, 1.165) is 38.8 Å². The zero-order chi connectivity index (χ0) is 12.7. The average molecular weight is 252 g/mol. The van der Waals surface area contributed by atoms with Gasteiger partial charge in [0.15, 0.2) is 0 Å². The monoisotopic (exact) mass is 252 g/mol. The standard InChI is InChI=1S/C13H20N2O3/c16-11-7-15(8-11)13(18)10-3-5-14(6-4-10)12(17)9-1-2-9/h9-11,16H,1-8H2. The molecule has 2 saturated heterocycles. The van der Waals surface area contributed by atoms with Gasteiger partial charge in [-0.3, -0.25) is 9.59 Å². The molecule has 3 rings (SSSR count). The summed E-state index contributed by atoms with van der Waals surface area (Å²) in [7, 11) is 0. The Balaban J connectivity index is 1.47. The first-order valence-electron chi connectivity index (χ1n) is 6.91. The van der Waals surface area contributed by atoms with Gasteiger partial charge >= 0.3 is 0 Å². The van der Waals surface area contributed by atoms with Crippen molar-refractivity contribution in [2.75, 3.05) is 26.2 Å². The number of carbonyl (C=O) groups excluding carboxylic acids is 2. The Kier molecular flexibility index (Phi) is 3.01. The van der Waals surface area contributed by atoms with Crippen molar-refractivity contribution in [1.82, 2.24) is 9.80 Å². The Morgan fingerprint density at radius 3 is 1.83 bits per heavy atom. The third kappa shape index (κ3) is 2.23. The minimum absolute atomic E-state index is 0.0563. The summed E-state index contributed by atoms with van der Waals surface area (Å²) >= 11 is 0. The van der Waals surface area contributed by atoms with E-state index in [1.807, 2.05) is 4.90 Å². The zero-order valence-corrected chi connectivity index (χ0v) is 10.5. The molecule has 0 bridgehead atoms. The summed E-state index contributed by atoms with van der Waals surface area (Å²) in [5, 5.41) is 9.20. The van der Waals surface area contributed by atoms with E-state index in [1.54, 1.807) is 4.90 Å². The molecule has 0 atom stereocenters. The minimum Gasteiger partial charge on any atom is -0.389 e.